The zero-order chi connectivity index (χ0) is 20.4. The van der Waals surface area contributed by atoms with Crippen LogP contribution in [0.5, 0.6) is 0 Å². The van der Waals surface area contributed by atoms with Gasteiger partial charge in [-0.05, 0) is 29.2 Å². The first-order chi connectivity index (χ1) is 13.9. The van der Waals surface area contributed by atoms with Gasteiger partial charge in [-0.15, -0.1) is 0 Å². The molecule has 6 nitrogen and oxygen atoms in total. The summed E-state index contributed by atoms with van der Waals surface area (Å²) in [5.41, 5.74) is 1.87. The van der Waals surface area contributed by atoms with Crippen LogP contribution in [0.3, 0.4) is 0 Å². The fourth-order valence-corrected chi connectivity index (χ4v) is 3.75. The van der Waals surface area contributed by atoms with Gasteiger partial charge >= 0.3 is 6.03 Å². The molecule has 6 heteroatoms. The topological polar surface area (TPSA) is 68.2 Å². The van der Waals surface area contributed by atoms with Gasteiger partial charge in [-0.2, -0.15) is 5.10 Å². The smallest absolute Gasteiger partial charge is 0.320 e. The molecule has 1 saturated heterocycles. The van der Waals surface area contributed by atoms with Crippen molar-refractivity contribution in [2.24, 2.45) is 7.05 Å². The van der Waals surface area contributed by atoms with Gasteiger partial charge in [-0.25, -0.2) is 4.79 Å². The lowest BCUT2D eigenvalue weighted by atomic mass is 9.83. The Morgan fingerprint density at radius 2 is 2.00 bits per heavy atom. The van der Waals surface area contributed by atoms with E-state index in [0.717, 1.165) is 25.1 Å². The maximum Gasteiger partial charge on any atom is 0.320 e. The van der Waals surface area contributed by atoms with Crippen molar-refractivity contribution in [1.29, 1.82) is 0 Å². The van der Waals surface area contributed by atoms with Crippen LogP contribution < -0.4 is 10.6 Å². The number of rotatable bonds is 5. The number of amides is 2. The van der Waals surface area contributed by atoms with Crippen LogP contribution in [-0.4, -0.2) is 29.0 Å². The molecule has 0 spiro atoms. The maximum absolute atomic E-state index is 12.5. The summed E-state index contributed by atoms with van der Waals surface area (Å²) in [5.74, 6) is 0.663. The van der Waals surface area contributed by atoms with Crippen LogP contribution in [0, 0.1) is 0 Å². The van der Waals surface area contributed by atoms with Crippen molar-refractivity contribution in [1.82, 2.24) is 15.1 Å². The van der Waals surface area contributed by atoms with Gasteiger partial charge in [-0.3, -0.25) is 10.00 Å². The lowest BCUT2D eigenvalue weighted by Crippen LogP contribution is -2.39. The van der Waals surface area contributed by atoms with Gasteiger partial charge in [0.05, 0.1) is 5.69 Å². The number of carbonyl (C=O) groups is 1. The molecule has 1 aliphatic heterocycles. The Kier molecular flexibility index (Phi) is 5.28. The minimum absolute atomic E-state index is 0.0339. The average molecular weight is 393 g/mol. The largest absolute Gasteiger partial charge is 0.372 e. The van der Waals surface area contributed by atoms with Crippen molar-refractivity contribution in [2.75, 3.05) is 18.5 Å². The summed E-state index contributed by atoms with van der Waals surface area (Å²) < 4.78 is 7.37. The summed E-state index contributed by atoms with van der Waals surface area (Å²) in [5, 5.41) is 12.8. The average Bonchev–Trinajstić information content (AvgIpc) is 3.36. The Morgan fingerprint density at radius 1 is 1.21 bits per heavy atom. The Hall–Kier alpha value is -2.86. The molecular formula is C23H28N4O2. The second-order valence-corrected chi connectivity index (χ2v) is 8.33. The molecule has 4 rings (SSSR count). The van der Waals surface area contributed by atoms with Crippen LogP contribution in [0.15, 0.2) is 48.5 Å². The predicted molar refractivity (Wildman–Crippen MR) is 115 cm³/mol. The molecule has 0 radical (unpaired) electrons. The third kappa shape index (κ3) is 4.27. The predicted octanol–water partition coefficient (Wildman–Crippen LogP) is 4.52. The monoisotopic (exact) mass is 392 g/mol. The minimum atomic E-state index is -0.235. The molecule has 2 aromatic carbocycles. The number of fused-ring (bicyclic) bond motifs is 1. The molecule has 1 aliphatic rings. The van der Waals surface area contributed by atoms with Gasteiger partial charge in [-0.1, -0.05) is 56.3 Å². The molecule has 29 heavy (non-hydrogen) atoms. The minimum Gasteiger partial charge on any atom is -0.372 e. The van der Waals surface area contributed by atoms with E-state index in [0.29, 0.717) is 12.4 Å². The molecule has 1 unspecified atom stereocenters. The fourth-order valence-electron chi connectivity index (χ4n) is 3.75. The van der Waals surface area contributed by atoms with Crippen LogP contribution in [0.1, 0.15) is 44.1 Å². The van der Waals surface area contributed by atoms with E-state index in [-0.39, 0.29) is 17.6 Å². The van der Waals surface area contributed by atoms with Crippen LogP contribution >= 0.6 is 0 Å². The first-order valence-corrected chi connectivity index (χ1v) is 10.1. The van der Waals surface area contributed by atoms with E-state index in [2.05, 4.69) is 59.9 Å². The number of urea groups is 1. The summed E-state index contributed by atoms with van der Waals surface area (Å²) in [4.78, 5) is 12.5. The first-order valence-electron chi connectivity index (χ1n) is 10.1. The normalized spacial score (nSPS) is 16.9. The van der Waals surface area contributed by atoms with Gasteiger partial charge in [0, 0.05) is 31.7 Å². The number of carbonyl (C=O) groups excluding carboxylic acids is 1. The van der Waals surface area contributed by atoms with Crippen LogP contribution in [0.4, 0.5) is 10.6 Å². The van der Waals surface area contributed by atoms with Gasteiger partial charge in [0.2, 0.25) is 0 Å². The zero-order valence-electron chi connectivity index (χ0n) is 17.2. The summed E-state index contributed by atoms with van der Waals surface area (Å²) in [6.45, 7) is 5.57. The molecule has 0 bridgehead atoms. The Balaban J connectivity index is 1.39. The van der Waals surface area contributed by atoms with Crippen LogP contribution in [0.2, 0.25) is 0 Å². The number of aromatic nitrogens is 2. The zero-order valence-corrected chi connectivity index (χ0v) is 17.2. The SMILES string of the molecule is Cn1nc(C2CCCO2)cc1NC(=O)NCC(C)(C)c1ccc2ccccc2c1. The van der Waals surface area contributed by atoms with E-state index in [1.165, 1.54) is 16.3 Å². The van der Waals surface area contributed by atoms with E-state index in [4.69, 9.17) is 4.74 Å². The van der Waals surface area contributed by atoms with Gasteiger partial charge in [0.25, 0.3) is 0 Å². The Labute approximate surface area is 171 Å². The third-order valence-electron chi connectivity index (χ3n) is 5.62. The molecule has 1 aromatic heterocycles. The molecular weight excluding hydrogens is 364 g/mol. The standard InChI is InChI=1S/C23H28N4O2/c1-23(2,18-11-10-16-7-4-5-8-17(16)13-18)15-24-22(28)25-21-14-19(26-27(21)3)20-9-6-12-29-20/h4-5,7-8,10-11,13-14,20H,6,9,12,15H2,1-3H3,(H2,24,25,28). The summed E-state index contributed by atoms with van der Waals surface area (Å²) in [6.07, 6.45) is 2.06. The van der Waals surface area contributed by atoms with Crippen molar-refractivity contribution < 1.29 is 9.53 Å². The summed E-state index contributed by atoms with van der Waals surface area (Å²) in [7, 11) is 1.83. The van der Waals surface area contributed by atoms with E-state index >= 15 is 0 Å². The number of anilines is 1. The first kappa shape index (κ1) is 19.5. The number of ether oxygens (including phenoxy) is 1. The fraction of sp³-hybridized carbons (Fsp3) is 0.391. The number of hydrogen-bond donors (Lipinski definition) is 2. The van der Waals surface area contributed by atoms with E-state index in [9.17, 15) is 4.79 Å². The lowest BCUT2D eigenvalue weighted by molar-refractivity contribution is 0.108. The molecule has 152 valence electrons. The number of nitrogens with one attached hydrogen (secondary N) is 2. The Bertz CT molecular complexity index is 1020. The van der Waals surface area contributed by atoms with Crippen molar-refractivity contribution >= 4 is 22.6 Å². The summed E-state index contributed by atoms with van der Waals surface area (Å²) in [6, 6.07) is 16.4. The van der Waals surface area contributed by atoms with Crippen molar-refractivity contribution in [3.63, 3.8) is 0 Å². The second-order valence-electron chi connectivity index (χ2n) is 8.33. The number of hydrogen-bond acceptors (Lipinski definition) is 3. The number of aryl methyl sites for hydroxylation is 1. The highest BCUT2D eigenvalue weighted by Crippen LogP contribution is 2.29. The molecule has 3 aromatic rings. The van der Waals surface area contributed by atoms with E-state index in [1.54, 1.807) is 4.68 Å². The lowest BCUT2D eigenvalue weighted by Gasteiger charge is -2.26. The van der Waals surface area contributed by atoms with Crippen molar-refractivity contribution in [2.45, 2.75) is 38.2 Å². The molecule has 1 fully saturated rings. The second kappa shape index (κ2) is 7.87. The number of benzene rings is 2. The van der Waals surface area contributed by atoms with E-state index < -0.39 is 0 Å². The quantitative estimate of drug-likeness (QED) is 0.671. The van der Waals surface area contributed by atoms with Crippen LogP contribution in [-0.2, 0) is 17.2 Å². The highest BCUT2D eigenvalue weighted by molar-refractivity contribution is 5.88. The van der Waals surface area contributed by atoms with Gasteiger partial charge in [0.1, 0.15) is 11.9 Å². The van der Waals surface area contributed by atoms with Gasteiger partial charge in [0.15, 0.2) is 0 Å². The van der Waals surface area contributed by atoms with Crippen molar-refractivity contribution in [3.8, 4) is 0 Å². The van der Waals surface area contributed by atoms with Crippen molar-refractivity contribution in [3.05, 3.63) is 59.8 Å². The summed E-state index contributed by atoms with van der Waals surface area (Å²) >= 11 is 0. The molecule has 2 amide bonds. The molecule has 0 aliphatic carbocycles. The maximum atomic E-state index is 12.5. The van der Waals surface area contributed by atoms with E-state index in [1.807, 2.05) is 25.2 Å². The highest BCUT2D eigenvalue weighted by Gasteiger charge is 2.24. The number of nitrogens with zero attached hydrogens (tertiary/aromatic N) is 2. The van der Waals surface area contributed by atoms with Gasteiger partial charge < -0.3 is 10.1 Å². The molecule has 0 saturated carbocycles. The van der Waals surface area contributed by atoms with Crippen LogP contribution in [0.25, 0.3) is 10.8 Å². The Morgan fingerprint density at radius 3 is 2.76 bits per heavy atom. The highest BCUT2D eigenvalue weighted by atomic mass is 16.5. The third-order valence-corrected chi connectivity index (χ3v) is 5.62. The molecule has 2 N–H and O–H groups in total. The molecule has 2 heterocycles. The molecule has 1 atom stereocenters.